The summed E-state index contributed by atoms with van der Waals surface area (Å²) in [6.07, 6.45) is 0.567. The molecule has 146 valence electrons. The van der Waals surface area contributed by atoms with Crippen molar-refractivity contribution in [2.45, 2.75) is 13.0 Å². The fraction of sp³-hybridized carbons (Fsp3) is 0.250. The van der Waals surface area contributed by atoms with Crippen molar-refractivity contribution in [3.05, 3.63) is 64.2 Å². The smallest absolute Gasteiger partial charge is 0.319 e. The molecule has 2 aromatic carbocycles. The molecule has 28 heavy (non-hydrogen) atoms. The van der Waals surface area contributed by atoms with E-state index in [1.165, 1.54) is 11.0 Å². The topological polar surface area (TPSA) is 87.7 Å². The Balaban J connectivity index is 1.63. The molecule has 0 saturated heterocycles. The number of nitrogens with one attached hydrogen (secondary N) is 2. The lowest BCUT2D eigenvalue weighted by atomic mass is 10.1. The third kappa shape index (κ3) is 4.32. The number of anilines is 1. The van der Waals surface area contributed by atoms with Gasteiger partial charge in [0.15, 0.2) is 0 Å². The lowest BCUT2D eigenvalue weighted by molar-refractivity contribution is 0.0638. The molecule has 4 amide bonds. The standard InChI is InChI=1S/C20H20ClN3O4/c1-28-10-4-9-24-18(25)15-8-7-14(11-16(15)19(24)26)23-20(27)22-12-13-5-2-3-6-17(13)21/h2-3,5-8,11H,4,9-10,12H2,1H3,(H2,22,23,27). The molecule has 0 saturated carbocycles. The largest absolute Gasteiger partial charge is 0.385 e. The lowest BCUT2D eigenvalue weighted by Crippen LogP contribution is -2.31. The number of urea groups is 1. The van der Waals surface area contributed by atoms with E-state index in [2.05, 4.69) is 10.6 Å². The highest BCUT2D eigenvalue weighted by molar-refractivity contribution is 6.31. The summed E-state index contributed by atoms with van der Waals surface area (Å²) < 4.78 is 4.96. The molecule has 0 unspecified atom stereocenters. The first-order chi connectivity index (χ1) is 13.5. The van der Waals surface area contributed by atoms with Crippen molar-refractivity contribution < 1.29 is 19.1 Å². The van der Waals surface area contributed by atoms with E-state index in [0.717, 1.165) is 5.56 Å². The first-order valence-corrected chi connectivity index (χ1v) is 9.16. The molecular formula is C20H20ClN3O4. The highest BCUT2D eigenvalue weighted by atomic mass is 35.5. The SMILES string of the molecule is COCCCN1C(=O)c2ccc(NC(=O)NCc3ccccc3Cl)cc2C1=O. The van der Waals surface area contributed by atoms with Crippen LogP contribution in [0.2, 0.25) is 5.02 Å². The van der Waals surface area contributed by atoms with Gasteiger partial charge in [0.1, 0.15) is 0 Å². The third-order valence-corrected chi connectivity index (χ3v) is 4.72. The van der Waals surface area contributed by atoms with Crippen LogP contribution in [-0.4, -0.2) is 43.0 Å². The van der Waals surface area contributed by atoms with Crippen LogP contribution in [0.4, 0.5) is 10.5 Å². The van der Waals surface area contributed by atoms with Crippen LogP contribution < -0.4 is 10.6 Å². The Morgan fingerprint density at radius 2 is 1.86 bits per heavy atom. The maximum absolute atomic E-state index is 12.5. The Bertz CT molecular complexity index is 916. The molecular weight excluding hydrogens is 382 g/mol. The number of carbonyl (C=O) groups excluding carboxylic acids is 3. The molecule has 0 aliphatic carbocycles. The predicted octanol–water partition coefficient (Wildman–Crippen LogP) is 3.29. The molecule has 2 N–H and O–H groups in total. The van der Waals surface area contributed by atoms with E-state index in [4.69, 9.17) is 16.3 Å². The molecule has 3 rings (SSSR count). The minimum Gasteiger partial charge on any atom is -0.385 e. The average molecular weight is 402 g/mol. The third-order valence-electron chi connectivity index (χ3n) is 4.36. The van der Waals surface area contributed by atoms with Crippen molar-refractivity contribution in [3.8, 4) is 0 Å². The van der Waals surface area contributed by atoms with Crippen molar-refractivity contribution in [2.75, 3.05) is 25.6 Å². The number of rotatable bonds is 7. The fourth-order valence-corrected chi connectivity index (χ4v) is 3.13. The second-order valence-electron chi connectivity index (χ2n) is 6.27. The Kier molecular flexibility index (Phi) is 6.28. The maximum atomic E-state index is 12.5. The van der Waals surface area contributed by atoms with Crippen LogP contribution in [-0.2, 0) is 11.3 Å². The van der Waals surface area contributed by atoms with E-state index in [1.807, 2.05) is 18.2 Å². The van der Waals surface area contributed by atoms with Crippen LogP contribution in [0, 0.1) is 0 Å². The van der Waals surface area contributed by atoms with Crippen LogP contribution in [0.3, 0.4) is 0 Å². The van der Waals surface area contributed by atoms with Gasteiger partial charge in [0, 0.05) is 37.5 Å². The molecule has 7 nitrogen and oxygen atoms in total. The molecule has 0 bridgehead atoms. The number of benzene rings is 2. The molecule has 0 aromatic heterocycles. The number of fused-ring (bicyclic) bond motifs is 1. The monoisotopic (exact) mass is 401 g/mol. The van der Waals surface area contributed by atoms with E-state index in [0.29, 0.717) is 35.8 Å². The van der Waals surface area contributed by atoms with Gasteiger partial charge in [0.05, 0.1) is 11.1 Å². The summed E-state index contributed by atoms with van der Waals surface area (Å²) in [6, 6.07) is 11.4. The number of hydrogen-bond acceptors (Lipinski definition) is 4. The molecule has 0 spiro atoms. The van der Waals surface area contributed by atoms with Crippen LogP contribution in [0.5, 0.6) is 0 Å². The predicted molar refractivity (Wildman–Crippen MR) is 106 cm³/mol. The zero-order valence-electron chi connectivity index (χ0n) is 15.3. The van der Waals surface area contributed by atoms with Crippen molar-refractivity contribution in [1.82, 2.24) is 10.2 Å². The molecule has 0 fully saturated rings. The molecule has 1 heterocycles. The van der Waals surface area contributed by atoms with E-state index in [-0.39, 0.29) is 23.9 Å². The summed E-state index contributed by atoms with van der Waals surface area (Å²) in [5.74, 6) is -0.693. The van der Waals surface area contributed by atoms with Crippen LogP contribution >= 0.6 is 11.6 Å². The number of methoxy groups -OCH3 is 1. The molecule has 1 aliphatic rings. The van der Waals surface area contributed by atoms with Gasteiger partial charge in [-0.1, -0.05) is 29.8 Å². The van der Waals surface area contributed by atoms with Gasteiger partial charge in [0.25, 0.3) is 11.8 Å². The zero-order valence-corrected chi connectivity index (χ0v) is 16.1. The highest BCUT2D eigenvalue weighted by Gasteiger charge is 2.35. The molecule has 2 aromatic rings. The van der Waals surface area contributed by atoms with Crippen LogP contribution in [0.25, 0.3) is 0 Å². The fourth-order valence-electron chi connectivity index (χ4n) is 2.93. The molecule has 0 atom stereocenters. The zero-order chi connectivity index (χ0) is 20.1. The summed E-state index contributed by atoms with van der Waals surface area (Å²) in [4.78, 5) is 38.2. The summed E-state index contributed by atoms with van der Waals surface area (Å²) in [6.45, 7) is 1.02. The van der Waals surface area contributed by atoms with E-state index in [1.54, 1.807) is 25.3 Å². The van der Waals surface area contributed by atoms with Gasteiger partial charge in [-0.25, -0.2) is 4.79 Å². The van der Waals surface area contributed by atoms with Gasteiger partial charge in [-0.05, 0) is 36.2 Å². The number of halogens is 1. The molecule has 1 aliphatic heterocycles. The Labute approximate surface area is 167 Å². The Hall–Kier alpha value is -2.90. The second-order valence-corrected chi connectivity index (χ2v) is 6.67. The number of hydrogen-bond donors (Lipinski definition) is 2. The van der Waals surface area contributed by atoms with Crippen molar-refractivity contribution in [3.63, 3.8) is 0 Å². The number of nitrogens with zero attached hydrogens (tertiary/aromatic N) is 1. The summed E-state index contributed by atoms with van der Waals surface area (Å²) in [5.41, 5.74) is 1.84. The summed E-state index contributed by atoms with van der Waals surface area (Å²) >= 11 is 6.07. The van der Waals surface area contributed by atoms with Gasteiger partial charge in [-0.15, -0.1) is 0 Å². The minimum absolute atomic E-state index is 0.265. The van der Waals surface area contributed by atoms with Crippen molar-refractivity contribution in [2.24, 2.45) is 0 Å². The molecule has 0 radical (unpaired) electrons. The number of ether oxygens (including phenoxy) is 1. The van der Waals surface area contributed by atoms with Gasteiger partial charge in [-0.3, -0.25) is 14.5 Å². The van der Waals surface area contributed by atoms with Crippen molar-refractivity contribution in [1.29, 1.82) is 0 Å². The summed E-state index contributed by atoms with van der Waals surface area (Å²) in [5, 5.41) is 5.94. The van der Waals surface area contributed by atoms with E-state index < -0.39 is 6.03 Å². The molecule has 8 heteroatoms. The first-order valence-electron chi connectivity index (χ1n) is 8.78. The van der Waals surface area contributed by atoms with E-state index in [9.17, 15) is 14.4 Å². The highest BCUT2D eigenvalue weighted by Crippen LogP contribution is 2.26. The quantitative estimate of drug-likeness (QED) is 0.550. The van der Waals surface area contributed by atoms with Gasteiger partial charge < -0.3 is 15.4 Å². The van der Waals surface area contributed by atoms with Crippen molar-refractivity contribution >= 4 is 35.1 Å². The maximum Gasteiger partial charge on any atom is 0.319 e. The average Bonchev–Trinajstić information content (AvgIpc) is 2.92. The number of amides is 4. The normalized spacial score (nSPS) is 12.9. The minimum atomic E-state index is -0.436. The Morgan fingerprint density at radius 1 is 1.11 bits per heavy atom. The Morgan fingerprint density at radius 3 is 2.61 bits per heavy atom. The van der Waals surface area contributed by atoms with Crippen LogP contribution in [0.1, 0.15) is 32.7 Å². The first kappa shape index (κ1) is 19.9. The summed E-state index contributed by atoms with van der Waals surface area (Å²) in [7, 11) is 1.57. The van der Waals surface area contributed by atoms with Gasteiger partial charge in [0.2, 0.25) is 0 Å². The van der Waals surface area contributed by atoms with Crippen LogP contribution in [0.15, 0.2) is 42.5 Å². The lowest BCUT2D eigenvalue weighted by Gasteiger charge is -2.12. The number of carbonyl (C=O) groups is 3. The van der Waals surface area contributed by atoms with E-state index >= 15 is 0 Å². The van der Waals surface area contributed by atoms with Gasteiger partial charge >= 0.3 is 6.03 Å². The number of imide groups is 1. The second kappa shape index (κ2) is 8.86. The van der Waals surface area contributed by atoms with Gasteiger partial charge in [-0.2, -0.15) is 0 Å².